The van der Waals surface area contributed by atoms with Crippen LogP contribution >= 0.6 is 0 Å². The van der Waals surface area contributed by atoms with Gasteiger partial charge in [0.25, 0.3) is 0 Å². The molecule has 6 nitrogen and oxygen atoms in total. The number of carbonyl (C=O) groups is 2. The van der Waals surface area contributed by atoms with Gasteiger partial charge in [0.05, 0.1) is 6.54 Å². The summed E-state index contributed by atoms with van der Waals surface area (Å²) in [6.07, 6.45) is 3.05. The molecule has 17 heavy (non-hydrogen) atoms. The van der Waals surface area contributed by atoms with E-state index in [2.05, 4.69) is 10.3 Å². The molecule has 2 N–H and O–H groups in total. The zero-order chi connectivity index (χ0) is 12.3. The van der Waals surface area contributed by atoms with Crippen LogP contribution in [0.3, 0.4) is 0 Å². The lowest BCUT2D eigenvalue weighted by Crippen LogP contribution is -2.51. The molecule has 0 aromatic carbocycles. The predicted molar refractivity (Wildman–Crippen MR) is 59.2 cm³/mol. The lowest BCUT2D eigenvalue weighted by molar-refractivity contribution is -0.151. The van der Waals surface area contributed by atoms with Crippen molar-refractivity contribution in [2.45, 2.75) is 6.04 Å². The zero-order valence-electron chi connectivity index (χ0n) is 9.17. The first-order valence-corrected chi connectivity index (χ1v) is 5.33. The summed E-state index contributed by atoms with van der Waals surface area (Å²) in [5, 5.41) is 12.2. The van der Waals surface area contributed by atoms with Gasteiger partial charge in [-0.15, -0.1) is 0 Å². The summed E-state index contributed by atoms with van der Waals surface area (Å²) in [4.78, 5) is 28.2. The Labute approximate surface area is 98.3 Å². The monoisotopic (exact) mass is 235 g/mol. The number of carboxylic acids is 1. The molecule has 1 fully saturated rings. The van der Waals surface area contributed by atoms with Crippen LogP contribution in [-0.2, 0) is 9.59 Å². The van der Waals surface area contributed by atoms with Gasteiger partial charge in [-0.25, -0.2) is 4.79 Å². The van der Waals surface area contributed by atoms with Crippen LogP contribution in [0, 0.1) is 0 Å². The normalized spacial score (nSPS) is 17.9. The quantitative estimate of drug-likeness (QED) is 0.747. The average molecular weight is 235 g/mol. The van der Waals surface area contributed by atoms with Gasteiger partial charge in [0.15, 0.2) is 6.04 Å². The van der Waals surface area contributed by atoms with Crippen molar-refractivity contribution >= 4 is 11.9 Å². The molecule has 0 bridgehead atoms. The Balaban J connectivity index is 2.29. The van der Waals surface area contributed by atoms with E-state index in [4.69, 9.17) is 0 Å². The Hall–Kier alpha value is -1.95. The third-order valence-corrected chi connectivity index (χ3v) is 2.69. The van der Waals surface area contributed by atoms with Crippen LogP contribution in [0.5, 0.6) is 0 Å². The fourth-order valence-corrected chi connectivity index (χ4v) is 1.90. The number of rotatable bonds is 3. The lowest BCUT2D eigenvalue weighted by atomic mass is 10.1. The molecule has 1 atom stereocenters. The van der Waals surface area contributed by atoms with Gasteiger partial charge in [-0.05, 0) is 17.7 Å². The van der Waals surface area contributed by atoms with E-state index in [1.165, 1.54) is 17.3 Å². The van der Waals surface area contributed by atoms with Crippen molar-refractivity contribution in [3.8, 4) is 0 Å². The maximum atomic E-state index is 11.7. The third-order valence-electron chi connectivity index (χ3n) is 2.69. The number of hydrogen-bond acceptors (Lipinski definition) is 4. The molecule has 1 aromatic rings. The second-order valence-corrected chi connectivity index (χ2v) is 3.79. The third kappa shape index (κ3) is 2.42. The molecule has 2 rings (SSSR count). The second kappa shape index (κ2) is 4.92. The maximum Gasteiger partial charge on any atom is 0.331 e. The summed E-state index contributed by atoms with van der Waals surface area (Å²) in [5.41, 5.74) is 0.572. The van der Waals surface area contributed by atoms with Gasteiger partial charge in [-0.2, -0.15) is 0 Å². The van der Waals surface area contributed by atoms with Crippen LogP contribution in [0.4, 0.5) is 0 Å². The first kappa shape index (κ1) is 11.5. The summed E-state index contributed by atoms with van der Waals surface area (Å²) in [5.74, 6) is -1.22. The molecule has 0 aliphatic carbocycles. The Morgan fingerprint density at radius 3 is 2.76 bits per heavy atom. The van der Waals surface area contributed by atoms with Crippen LogP contribution in [0.25, 0.3) is 0 Å². The number of piperazine rings is 1. The Morgan fingerprint density at radius 1 is 1.47 bits per heavy atom. The van der Waals surface area contributed by atoms with Crippen molar-refractivity contribution < 1.29 is 14.7 Å². The number of carbonyl (C=O) groups excluding carboxylic acids is 1. The van der Waals surface area contributed by atoms with Crippen molar-refractivity contribution in [1.82, 2.24) is 15.2 Å². The van der Waals surface area contributed by atoms with E-state index in [9.17, 15) is 14.7 Å². The Kier molecular flexibility index (Phi) is 3.34. The van der Waals surface area contributed by atoms with E-state index in [-0.39, 0.29) is 12.5 Å². The Morgan fingerprint density at radius 2 is 2.18 bits per heavy atom. The molecular weight excluding hydrogens is 222 g/mol. The second-order valence-electron chi connectivity index (χ2n) is 3.79. The molecule has 1 aliphatic heterocycles. The number of carboxylic acid groups (broad SMARTS) is 1. The highest BCUT2D eigenvalue weighted by Gasteiger charge is 2.32. The minimum absolute atomic E-state index is 0.189. The SMILES string of the molecule is O=C(O)C(c1ccncc1)N1CCNCC1=O. The molecule has 1 unspecified atom stereocenters. The van der Waals surface area contributed by atoms with Crippen LogP contribution < -0.4 is 5.32 Å². The molecule has 1 aromatic heterocycles. The molecule has 0 spiro atoms. The van der Waals surface area contributed by atoms with Gasteiger partial charge in [-0.1, -0.05) is 0 Å². The minimum Gasteiger partial charge on any atom is -0.479 e. The summed E-state index contributed by atoms with van der Waals surface area (Å²) in [6, 6.07) is 2.31. The van der Waals surface area contributed by atoms with E-state index in [0.29, 0.717) is 18.7 Å². The standard InChI is InChI=1S/C11H13N3O3/c15-9-7-13-5-6-14(9)10(11(16)17)8-1-3-12-4-2-8/h1-4,10,13H,5-7H2,(H,16,17). The minimum atomic E-state index is -1.02. The molecule has 1 saturated heterocycles. The Bertz CT molecular complexity index is 421. The van der Waals surface area contributed by atoms with Crippen molar-refractivity contribution in [3.05, 3.63) is 30.1 Å². The molecule has 6 heteroatoms. The van der Waals surface area contributed by atoms with Gasteiger partial charge < -0.3 is 15.3 Å². The number of nitrogens with zero attached hydrogens (tertiary/aromatic N) is 2. The van der Waals surface area contributed by atoms with Gasteiger partial charge in [0.2, 0.25) is 5.91 Å². The number of pyridine rings is 1. The number of aromatic nitrogens is 1. The number of amides is 1. The van der Waals surface area contributed by atoms with Gasteiger partial charge in [0.1, 0.15) is 0 Å². The summed E-state index contributed by atoms with van der Waals surface area (Å²) < 4.78 is 0. The zero-order valence-corrected chi connectivity index (χ0v) is 9.17. The smallest absolute Gasteiger partial charge is 0.331 e. The highest BCUT2D eigenvalue weighted by atomic mass is 16.4. The van der Waals surface area contributed by atoms with Gasteiger partial charge in [0, 0.05) is 25.5 Å². The maximum absolute atomic E-state index is 11.7. The highest BCUT2D eigenvalue weighted by Crippen LogP contribution is 2.21. The largest absolute Gasteiger partial charge is 0.479 e. The topological polar surface area (TPSA) is 82.5 Å². The van der Waals surface area contributed by atoms with E-state index >= 15 is 0 Å². The van der Waals surface area contributed by atoms with Crippen molar-refractivity contribution in [1.29, 1.82) is 0 Å². The number of hydrogen-bond donors (Lipinski definition) is 2. The first-order valence-electron chi connectivity index (χ1n) is 5.33. The lowest BCUT2D eigenvalue weighted by Gasteiger charge is -2.32. The van der Waals surface area contributed by atoms with Crippen LogP contribution in [0.2, 0.25) is 0 Å². The average Bonchev–Trinajstić information content (AvgIpc) is 2.33. The number of aliphatic carboxylic acids is 1. The predicted octanol–water partition coefficient (Wildman–Crippen LogP) is -0.361. The molecular formula is C11H13N3O3. The van der Waals surface area contributed by atoms with Crippen molar-refractivity contribution in [3.63, 3.8) is 0 Å². The fraction of sp³-hybridized carbons (Fsp3) is 0.364. The highest BCUT2D eigenvalue weighted by molar-refractivity contribution is 5.86. The molecule has 0 radical (unpaired) electrons. The van der Waals surface area contributed by atoms with Crippen LogP contribution in [-0.4, -0.2) is 46.5 Å². The van der Waals surface area contributed by atoms with E-state index < -0.39 is 12.0 Å². The van der Waals surface area contributed by atoms with Crippen LogP contribution in [0.15, 0.2) is 24.5 Å². The summed E-state index contributed by atoms with van der Waals surface area (Å²) in [6.45, 7) is 1.20. The molecule has 2 heterocycles. The van der Waals surface area contributed by atoms with Gasteiger partial charge in [-0.3, -0.25) is 9.78 Å². The van der Waals surface area contributed by atoms with Crippen molar-refractivity contribution in [2.24, 2.45) is 0 Å². The van der Waals surface area contributed by atoms with Crippen molar-refractivity contribution in [2.75, 3.05) is 19.6 Å². The fourth-order valence-electron chi connectivity index (χ4n) is 1.90. The number of nitrogens with one attached hydrogen (secondary N) is 1. The molecule has 1 aliphatic rings. The molecule has 90 valence electrons. The van der Waals surface area contributed by atoms with Crippen LogP contribution in [0.1, 0.15) is 11.6 Å². The van der Waals surface area contributed by atoms with E-state index in [0.717, 1.165) is 0 Å². The van der Waals surface area contributed by atoms with Gasteiger partial charge >= 0.3 is 5.97 Å². The van der Waals surface area contributed by atoms with E-state index in [1.807, 2.05) is 0 Å². The van der Waals surface area contributed by atoms with E-state index in [1.54, 1.807) is 12.1 Å². The molecule has 0 saturated carbocycles. The summed E-state index contributed by atoms with van der Waals surface area (Å²) >= 11 is 0. The first-order chi connectivity index (χ1) is 8.20. The molecule has 1 amide bonds. The summed E-state index contributed by atoms with van der Waals surface area (Å²) in [7, 11) is 0.